The molecule has 1 aromatic rings. The van der Waals surface area contributed by atoms with Crippen molar-refractivity contribution in [1.82, 2.24) is 5.32 Å². The van der Waals surface area contributed by atoms with Crippen LogP contribution in [0, 0.1) is 12.8 Å². The SMILES string of the molecule is Cc1cccc(OCCNC(=O)C2CC2)c1. The van der Waals surface area contributed by atoms with Crippen molar-refractivity contribution >= 4 is 5.91 Å². The molecule has 1 N–H and O–H groups in total. The van der Waals surface area contributed by atoms with Crippen molar-refractivity contribution < 1.29 is 9.53 Å². The van der Waals surface area contributed by atoms with E-state index in [-0.39, 0.29) is 11.8 Å². The summed E-state index contributed by atoms with van der Waals surface area (Å²) in [5.74, 6) is 1.31. The lowest BCUT2D eigenvalue weighted by Crippen LogP contribution is -2.29. The van der Waals surface area contributed by atoms with Crippen molar-refractivity contribution in [3.8, 4) is 5.75 Å². The normalized spacial score (nSPS) is 14.6. The van der Waals surface area contributed by atoms with E-state index in [1.807, 2.05) is 31.2 Å². The van der Waals surface area contributed by atoms with Gasteiger partial charge in [0.15, 0.2) is 0 Å². The first kappa shape index (κ1) is 11.0. The molecule has 0 aliphatic heterocycles. The van der Waals surface area contributed by atoms with Gasteiger partial charge in [-0.25, -0.2) is 0 Å². The zero-order chi connectivity index (χ0) is 11.4. The second kappa shape index (κ2) is 5.01. The predicted molar refractivity (Wildman–Crippen MR) is 62.4 cm³/mol. The van der Waals surface area contributed by atoms with Crippen molar-refractivity contribution in [3.63, 3.8) is 0 Å². The molecule has 0 radical (unpaired) electrons. The molecule has 0 spiro atoms. The Hall–Kier alpha value is -1.51. The number of hydrogen-bond acceptors (Lipinski definition) is 2. The molecule has 0 heterocycles. The van der Waals surface area contributed by atoms with E-state index in [2.05, 4.69) is 5.32 Å². The van der Waals surface area contributed by atoms with E-state index in [1.165, 1.54) is 5.56 Å². The minimum atomic E-state index is 0.174. The van der Waals surface area contributed by atoms with Gasteiger partial charge >= 0.3 is 0 Å². The van der Waals surface area contributed by atoms with Crippen LogP contribution in [0.1, 0.15) is 18.4 Å². The molecule has 0 aromatic heterocycles. The maximum Gasteiger partial charge on any atom is 0.223 e. The Labute approximate surface area is 95.8 Å². The first-order valence-corrected chi connectivity index (χ1v) is 5.73. The number of carbonyl (C=O) groups is 1. The zero-order valence-corrected chi connectivity index (χ0v) is 9.53. The molecule has 1 saturated carbocycles. The fraction of sp³-hybridized carbons (Fsp3) is 0.462. The number of aryl methyl sites for hydroxylation is 1. The van der Waals surface area contributed by atoms with Gasteiger partial charge in [-0.3, -0.25) is 4.79 Å². The third-order valence-corrected chi connectivity index (χ3v) is 2.61. The number of nitrogens with one attached hydrogen (secondary N) is 1. The van der Waals surface area contributed by atoms with Gasteiger partial charge in [-0.1, -0.05) is 12.1 Å². The molecule has 3 nitrogen and oxygen atoms in total. The van der Waals surface area contributed by atoms with Crippen LogP contribution in [0.5, 0.6) is 5.75 Å². The van der Waals surface area contributed by atoms with E-state index < -0.39 is 0 Å². The van der Waals surface area contributed by atoms with Gasteiger partial charge < -0.3 is 10.1 Å². The van der Waals surface area contributed by atoms with Crippen molar-refractivity contribution in [2.24, 2.45) is 5.92 Å². The van der Waals surface area contributed by atoms with Gasteiger partial charge in [0, 0.05) is 5.92 Å². The lowest BCUT2D eigenvalue weighted by molar-refractivity contribution is -0.122. The molecule has 1 fully saturated rings. The maximum absolute atomic E-state index is 11.3. The van der Waals surface area contributed by atoms with Crippen LogP contribution in [0.4, 0.5) is 0 Å². The molecule has 86 valence electrons. The molecular formula is C13H17NO2. The summed E-state index contributed by atoms with van der Waals surface area (Å²) in [6.07, 6.45) is 2.09. The van der Waals surface area contributed by atoms with Crippen LogP contribution < -0.4 is 10.1 Å². The Bertz CT molecular complexity index is 372. The van der Waals surface area contributed by atoms with Crippen LogP contribution in [0.25, 0.3) is 0 Å². The van der Waals surface area contributed by atoms with Gasteiger partial charge in [-0.15, -0.1) is 0 Å². The molecule has 0 atom stereocenters. The van der Waals surface area contributed by atoms with E-state index in [0.29, 0.717) is 13.2 Å². The van der Waals surface area contributed by atoms with Crippen LogP contribution in [0.15, 0.2) is 24.3 Å². The summed E-state index contributed by atoms with van der Waals surface area (Å²) < 4.78 is 5.52. The van der Waals surface area contributed by atoms with Crippen LogP contribution in [-0.4, -0.2) is 19.1 Å². The van der Waals surface area contributed by atoms with Crippen molar-refractivity contribution in [2.75, 3.05) is 13.2 Å². The summed E-state index contributed by atoms with van der Waals surface area (Å²) in [5, 5.41) is 2.87. The molecule has 0 bridgehead atoms. The summed E-state index contributed by atoms with van der Waals surface area (Å²) in [4.78, 5) is 11.3. The van der Waals surface area contributed by atoms with Gasteiger partial charge in [-0.05, 0) is 37.5 Å². The molecule has 1 aliphatic rings. The van der Waals surface area contributed by atoms with E-state index in [9.17, 15) is 4.79 Å². The van der Waals surface area contributed by atoms with E-state index in [0.717, 1.165) is 18.6 Å². The van der Waals surface area contributed by atoms with E-state index >= 15 is 0 Å². The van der Waals surface area contributed by atoms with Crippen molar-refractivity contribution in [1.29, 1.82) is 0 Å². The molecule has 1 amide bonds. The van der Waals surface area contributed by atoms with Crippen molar-refractivity contribution in [3.05, 3.63) is 29.8 Å². The molecule has 0 unspecified atom stereocenters. The smallest absolute Gasteiger partial charge is 0.223 e. The van der Waals surface area contributed by atoms with Gasteiger partial charge in [-0.2, -0.15) is 0 Å². The highest BCUT2D eigenvalue weighted by molar-refractivity contribution is 5.80. The first-order valence-electron chi connectivity index (χ1n) is 5.73. The molecule has 1 aromatic carbocycles. The van der Waals surface area contributed by atoms with E-state index in [4.69, 9.17) is 4.74 Å². The number of amides is 1. The summed E-state index contributed by atoms with van der Waals surface area (Å²) in [5.41, 5.74) is 1.18. The highest BCUT2D eigenvalue weighted by Gasteiger charge is 2.28. The standard InChI is InChI=1S/C13H17NO2/c1-10-3-2-4-12(9-10)16-8-7-14-13(15)11-5-6-11/h2-4,9,11H,5-8H2,1H3,(H,14,15). The average molecular weight is 219 g/mol. The highest BCUT2D eigenvalue weighted by atomic mass is 16.5. The van der Waals surface area contributed by atoms with E-state index in [1.54, 1.807) is 0 Å². The molecule has 0 saturated heterocycles. The second-order valence-corrected chi connectivity index (χ2v) is 4.23. The molecule has 3 heteroatoms. The number of benzene rings is 1. The largest absolute Gasteiger partial charge is 0.492 e. The van der Waals surface area contributed by atoms with Crippen molar-refractivity contribution in [2.45, 2.75) is 19.8 Å². The summed E-state index contributed by atoms with van der Waals surface area (Å²) in [6.45, 7) is 3.15. The summed E-state index contributed by atoms with van der Waals surface area (Å²) in [6, 6.07) is 7.91. The number of carbonyl (C=O) groups excluding carboxylic acids is 1. The summed E-state index contributed by atoms with van der Waals surface area (Å²) in [7, 11) is 0. The average Bonchev–Trinajstić information content (AvgIpc) is 3.08. The fourth-order valence-electron chi connectivity index (χ4n) is 1.54. The van der Waals surface area contributed by atoms with Gasteiger partial charge in [0.25, 0.3) is 0 Å². The maximum atomic E-state index is 11.3. The van der Waals surface area contributed by atoms with Gasteiger partial charge in [0.2, 0.25) is 5.91 Å². The van der Waals surface area contributed by atoms with Crippen LogP contribution in [-0.2, 0) is 4.79 Å². The Morgan fingerprint density at radius 2 is 2.31 bits per heavy atom. The monoisotopic (exact) mass is 219 g/mol. The third kappa shape index (κ3) is 3.26. The number of ether oxygens (including phenoxy) is 1. The zero-order valence-electron chi connectivity index (χ0n) is 9.53. The Morgan fingerprint density at radius 1 is 1.50 bits per heavy atom. The Kier molecular flexibility index (Phi) is 3.44. The van der Waals surface area contributed by atoms with Gasteiger partial charge in [0.05, 0.1) is 6.54 Å². The number of rotatable bonds is 5. The fourth-order valence-corrected chi connectivity index (χ4v) is 1.54. The van der Waals surface area contributed by atoms with Crippen LogP contribution in [0.2, 0.25) is 0 Å². The summed E-state index contributed by atoms with van der Waals surface area (Å²) >= 11 is 0. The highest BCUT2D eigenvalue weighted by Crippen LogP contribution is 2.28. The third-order valence-electron chi connectivity index (χ3n) is 2.61. The first-order chi connectivity index (χ1) is 7.75. The molecule has 2 rings (SSSR count). The quantitative estimate of drug-likeness (QED) is 0.768. The lowest BCUT2D eigenvalue weighted by atomic mass is 10.2. The van der Waals surface area contributed by atoms with Crippen LogP contribution >= 0.6 is 0 Å². The second-order valence-electron chi connectivity index (χ2n) is 4.23. The number of hydrogen-bond donors (Lipinski definition) is 1. The molecule has 16 heavy (non-hydrogen) atoms. The topological polar surface area (TPSA) is 38.3 Å². The van der Waals surface area contributed by atoms with Gasteiger partial charge in [0.1, 0.15) is 12.4 Å². The van der Waals surface area contributed by atoms with Crippen LogP contribution in [0.3, 0.4) is 0 Å². The predicted octanol–water partition coefficient (Wildman–Crippen LogP) is 1.90. The minimum absolute atomic E-state index is 0.174. The Balaban J connectivity index is 1.65. The minimum Gasteiger partial charge on any atom is -0.492 e. The molecular weight excluding hydrogens is 202 g/mol. The lowest BCUT2D eigenvalue weighted by Gasteiger charge is -2.07. The Morgan fingerprint density at radius 3 is 3.00 bits per heavy atom. The molecule has 1 aliphatic carbocycles.